The SMILES string of the molecule is Cc1ccn[nH]1.NC(=O)N(N)CCO.NC(=O)N(N)CCO. The van der Waals surface area contributed by atoms with Gasteiger partial charge in [0, 0.05) is 11.9 Å². The standard InChI is InChI=1S/C4H6N2.2C3H9N3O2/c1-4-2-3-5-6-4;2*4-3(8)6(5)1-2-7/h2-3H,1H3,(H,5,6);2*7H,1-2,5H2,(H2,4,8). The molecule has 0 bridgehead atoms. The second-order valence-electron chi connectivity index (χ2n) is 3.75. The summed E-state index contributed by atoms with van der Waals surface area (Å²) in [7, 11) is 0. The molecule has 0 saturated heterocycles. The lowest BCUT2D eigenvalue weighted by atomic mass is 10.5. The summed E-state index contributed by atoms with van der Waals surface area (Å²) in [6.07, 6.45) is 1.73. The highest BCUT2D eigenvalue weighted by atomic mass is 16.3. The van der Waals surface area contributed by atoms with Crippen LogP contribution in [0.25, 0.3) is 0 Å². The molecule has 128 valence electrons. The fourth-order valence-corrected chi connectivity index (χ4v) is 0.761. The Kier molecular flexibility index (Phi) is 13.5. The topological polar surface area (TPSA) is 214 Å². The number of aryl methyl sites for hydroxylation is 1. The summed E-state index contributed by atoms with van der Waals surface area (Å²) in [5.74, 6) is 9.85. The molecule has 1 aromatic heterocycles. The van der Waals surface area contributed by atoms with Gasteiger partial charge in [0.1, 0.15) is 0 Å². The normalized spacial score (nSPS) is 8.77. The molecule has 0 aliphatic carbocycles. The first kappa shape index (κ1) is 21.9. The minimum atomic E-state index is -0.737. The minimum absolute atomic E-state index is 0.0787. The Balaban J connectivity index is 0. The number of carbonyl (C=O) groups excluding carboxylic acids is 2. The maximum absolute atomic E-state index is 10.0. The lowest BCUT2D eigenvalue weighted by molar-refractivity contribution is 0.186. The van der Waals surface area contributed by atoms with Crippen molar-refractivity contribution in [1.29, 1.82) is 0 Å². The molecule has 1 heterocycles. The fraction of sp³-hybridized carbons (Fsp3) is 0.500. The first-order valence-electron chi connectivity index (χ1n) is 6.07. The van der Waals surface area contributed by atoms with E-state index in [1.54, 1.807) is 6.20 Å². The predicted octanol–water partition coefficient (Wildman–Crippen LogP) is -2.82. The lowest BCUT2D eigenvalue weighted by Crippen LogP contribution is -2.42. The zero-order chi connectivity index (χ0) is 17.5. The zero-order valence-corrected chi connectivity index (χ0v) is 12.3. The van der Waals surface area contributed by atoms with Crippen LogP contribution in [0.15, 0.2) is 12.3 Å². The van der Waals surface area contributed by atoms with Gasteiger partial charge in [-0.25, -0.2) is 21.3 Å². The van der Waals surface area contributed by atoms with Crippen molar-refractivity contribution in [3.05, 3.63) is 18.0 Å². The smallest absolute Gasteiger partial charge is 0.328 e. The molecule has 11 N–H and O–H groups in total. The van der Waals surface area contributed by atoms with Gasteiger partial charge in [-0.2, -0.15) is 5.10 Å². The van der Waals surface area contributed by atoms with E-state index < -0.39 is 12.1 Å². The fourth-order valence-electron chi connectivity index (χ4n) is 0.761. The molecule has 12 heteroatoms. The molecule has 0 unspecified atom stereocenters. The molecule has 0 saturated carbocycles. The molecule has 12 nitrogen and oxygen atoms in total. The highest BCUT2D eigenvalue weighted by Crippen LogP contribution is 1.82. The average molecular weight is 320 g/mol. The number of nitrogens with one attached hydrogen (secondary N) is 1. The van der Waals surface area contributed by atoms with Gasteiger partial charge in [-0.15, -0.1) is 0 Å². The van der Waals surface area contributed by atoms with Crippen LogP contribution in [-0.2, 0) is 0 Å². The van der Waals surface area contributed by atoms with Gasteiger partial charge in [-0.3, -0.25) is 15.1 Å². The molecular formula is C10H24N8O4. The van der Waals surface area contributed by atoms with E-state index in [-0.39, 0.29) is 26.3 Å². The number of amides is 4. The number of nitrogens with zero attached hydrogens (tertiary/aromatic N) is 3. The van der Waals surface area contributed by atoms with Crippen LogP contribution in [0.2, 0.25) is 0 Å². The van der Waals surface area contributed by atoms with Gasteiger partial charge >= 0.3 is 12.1 Å². The number of rotatable bonds is 4. The lowest BCUT2D eigenvalue weighted by Gasteiger charge is -2.09. The van der Waals surface area contributed by atoms with E-state index in [4.69, 9.17) is 21.9 Å². The third-order valence-corrected chi connectivity index (χ3v) is 1.89. The van der Waals surface area contributed by atoms with Crippen molar-refractivity contribution in [3.8, 4) is 0 Å². The Bertz CT molecular complexity index is 378. The average Bonchev–Trinajstić information content (AvgIpc) is 2.91. The van der Waals surface area contributed by atoms with Gasteiger partial charge in [-0.05, 0) is 13.0 Å². The van der Waals surface area contributed by atoms with Gasteiger partial charge < -0.3 is 21.7 Å². The van der Waals surface area contributed by atoms with E-state index >= 15 is 0 Å². The number of hydrogen-bond acceptors (Lipinski definition) is 7. The number of hydrazine groups is 2. The Morgan fingerprint density at radius 2 is 1.55 bits per heavy atom. The first-order valence-corrected chi connectivity index (χ1v) is 6.07. The number of primary amides is 2. The van der Waals surface area contributed by atoms with Crippen molar-refractivity contribution >= 4 is 12.1 Å². The zero-order valence-electron chi connectivity index (χ0n) is 12.3. The Labute approximate surface area is 127 Å². The van der Waals surface area contributed by atoms with Crippen LogP contribution in [0.1, 0.15) is 5.69 Å². The van der Waals surface area contributed by atoms with E-state index in [2.05, 4.69) is 21.7 Å². The molecule has 0 radical (unpaired) electrons. The summed E-state index contributed by atoms with van der Waals surface area (Å²) in [4.78, 5) is 20.0. The van der Waals surface area contributed by atoms with E-state index in [1.165, 1.54) is 0 Å². The van der Waals surface area contributed by atoms with Crippen molar-refractivity contribution in [2.75, 3.05) is 26.3 Å². The van der Waals surface area contributed by atoms with Crippen LogP contribution in [0.4, 0.5) is 9.59 Å². The van der Waals surface area contributed by atoms with E-state index in [0.29, 0.717) is 0 Å². The maximum atomic E-state index is 10.0. The monoisotopic (exact) mass is 320 g/mol. The Hall–Kier alpha value is -2.41. The molecule has 0 atom stereocenters. The van der Waals surface area contributed by atoms with Crippen LogP contribution in [-0.4, -0.2) is 68.8 Å². The molecule has 0 aliphatic rings. The number of aliphatic hydroxyl groups excluding tert-OH is 2. The summed E-state index contributed by atoms with van der Waals surface area (Å²) in [5.41, 5.74) is 10.5. The first-order chi connectivity index (χ1) is 10.3. The van der Waals surface area contributed by atoms with Crippen LogP contribution in [0.3, 0.4) is 0 Å². The van der Waals surface area contributed by atoms with Gasteiger partial charge in [0.25, 0.3) is 0 Å². The number of nitrogens with two attached hydrogens (primary N) is 4. The van der Waals surface area contributed by atoms with E-state index in [0.717, 1.165) is 15.7 Å². The van der Waals surface area contributed by atoms with Crippen LogP contribution in [0, 0.1) is 6.92 Å². The summed E-state index contributed by atoms with van der Waals surface area (Å²) in [6, 6.07) is 0.443. The molecule has 1 rings (SSSR count). The van der Waals surface area contributed by atoms with Crippen LogP contribution < -0.4 is 23.2 Å². The summed E-state index contributed by atoms with van der Waals surface area (Å²) in [6.45, 7) is 1.79. The molecule has 1 aromatic rings. The van der Waals surface area contributed by atoms with Crippen LogP contribution >= 0.6 is 0 Å². The highest BCUT2D eigenvalue weighted by molar-refractivity contribution is 5.71. The number of aliphatic hydroxyl groups is 2. The molecule has 0 aromatic carbocycles. The van der Waals surface area contributed by atoms with Crippen molar-refractivity contribution in [2.45, 2.75) is 6.92 Å². The Morgan fingerprint density at radius 3 is 1.64 bits per heavy atom. The summed E-state index contributed by atoms with van der Waals surface area (Å²) < 4.78 is 0. The van der Waals surface area contributed by atoms with Gasteiger partial charge in [-0.1, -0.05) is 0 Å². The number of urea groups is 2. The third-order valence-electron chi connectivity index (χ3n) is 1.89. The number of aromatic amines is 1. The molecule has 0 aliphatic heterocycles. The van der Waals surface area contributed by atoms with Crippen molar-refractivity contribution in [3.63, 3.8) is 0 Å². The van der Waals surface area contributed by atoms with E-state index in [1.807, 2.05) is 13.0 Å². The summed E-state index contributed by atoms with van der Waals surface area (Å²) >= 11 is 0. The number of H-pyrrole nitrogens is 1. The molecule has 22 heavy (non-hydrogen) atoms. The second kappa shape index (κ2) is 13.6. The minimum Gasteiger partial charge on any atom is -0.394 e. The van der Waals surface area contributed by atoms with Gasteiger partial charge in [0.2, 0.25) is 0 Å². The third kappa shape index (κ3) is 14.0. The summed E-state index contributed by atoms with van der Waals surface area (Å²) in [5, 5.41) is 24.2. The van der Waals surface area contributed by atoms with Gasteiger partial charge in [0.05, 0.1) is 26.3 Å². The highest BCUT2D eigenvalue weighted by Gasteiger charge is 1.99. The van der Waals surface area contributed by atoms with Crippen LogP contribution in [0.5, 0.6) is 0 Å². The molecule has 0 fully saturated rings. The van der Waals surface area contributed by atoms with Gasteiger partial charge in [0.15, 0.2) is 0 Å². The number of aromatic nitrogens is 2. The Morgan fingerprint density at radius 1 is 1.14 bits per heavy atom. The van der Waals surface area contributed by atoms with Crippen molar-refractivity contribution in [2.24, 2.45) is 23.2 Å². The van der Waals surface area contributed by atoms with Crippen molar-refractivity contribution in [1.82, 2.24) is 20.2 Å². The number of hydrogen-bond donors (Lipinski definition) is 7. The molecule has 4 amide bonds. The number of carbonyl (C=O) groups is 2. The van der Waals surface area contributed by atoms with Crippen molar-refractivity contribution < 1.29 is 19.8 Å². The molecule has 0 spiro atoms. The van der Waals surface area contributed by atoms with E-state index in [9.17, 15) is 9.59 Å². The maximum Gasteiger partial charge on any atom is 0.328 e. The predicted molar refractivity (Wildman–Crippen MR) is 78.4 cm³/mol. The quantitative estimate of drug-likeness (QED) is 0.175. The second-order valence-corrected chi connectivity index (χ2v) is 3.75. The molecular weight excluding hydrogens is 296 g/mol. The largest absolute Gasteiger partial charge is 0.394 e.